The summed E-state index contributed by atoms with van der Waals surface area (Å²) in [5.74, 6) is 0.0740. The van der Waals surface area contributed by atoms with Gasteiger partial charge in [0.2, 0.25) is 0 Å². The topological polar surface area (TPSA) is 46.5 Å². The van der Waals surface area contributed by atoms with Gasteiger partial charge in [-0.1, -0.05) is 52.9 Å². The molecule has 1 atom stereocenters. The summed E-state index contributed by atoms with van der Waals surface area (Å²) in [6.45, 7) is 6.62. The zero-order valence-corrected chi connectivity index (χ0v) is 11.6. The van der Waals surface area contributed by atoms with Gasteiger partial charge < -0.3 is 9.84 Å². The van der Waals surface area contributed by atoms with Gasteiger partial charge in [-0.15, -0.1) is 0 Å². The Bertz CT molecular complexity index is 190. The van der Waals surface area contributed by atoms with Gasteiger partial charge in [0.25, 0.3) is 0 Å². The van der Waals surface area contributed by atoms with E-state index in [0.29, 0.717) is 18.9 Å². The molecule has 0 saturated carbocycles. The average molecular weight is 244 g/mol. The van der Waals surface area contributed by atoms with Gasteiger partial charge in [0.1, 0.15) is 0 Å². The maximum absolute atomic E-state index is 11.3. The van der Waals surface area contributed by atoms with Crippen molar-refractivity contribution in [1.29, 1.82) is 0 Å². The molecule has 0 fully saturated rings. The summed E-state index contributed by atoms with van der Waals surface area (Å²) in [7, 11) is 0. The van der Waals surface area contributed by atoms with E-state index in [4.69, 9.17) is 4.74 Å². The Kier molecular flexibility index (Phi) is 10.2. The SMILES string of the molecule is CCCCCCCC(O)CC(=O)OCC(C)C. The number of aliphatic hydroxyl groups excluding tert-OH is 1. The van der Waals surface area contributed by atoms with Crippen molar-refractivity contribution in [3.05, 3.63) is 0 Å². The molecule has 0 heterocycles. The van der Waals surface area contributed by atoms with Crippen molar-refractivity contribution in [2.45, 2.75) is 71.8 Å². The summed E-state index contributed by atoms with van der Waals surface area (Å²) in [5, 5.41) is 9.64. The lowest BCUT2D eigenvalue weighted by molar-refractivity contribution is -0.147. The van der Waals surface area contributed by atoms with Gasteiger partial charge in [-0.25, -0.2) is 0 Å². The molecular formula is C14H28O3. The number of hydrogen-bond acceptors (Lipinski definition) is 3. The second kappa shape index (κ2) is 10.6. The van der Waals surface area contributed by atoms with Crippen molar-refractivity contribution in [2.75, 3.05) is 6.61 Å². The predicted octanol–water partition coefficient (Wildman–Crippen LogP) is 3.30. The van der Waals surface area contributed by atoms with Gasteiger partial charge in [-0.05, 0) is 12.3 Å². The van der Waals surface area contributed by atoms with Crippen LogP contribution in [0, 0.1) is 5.92 Å². The first-order valence-corrected chi connectivity index (χ1v) is 6.90. The van der Waals surface area contributed by atoms with E-state index in [9.17, 15) is 9.90 Å². The molecule has 0 aromatic heterocycles. The van der Waals surface area contributed by atoms with E-state index in [1.54, 1.807) is 0 Å². The largest absolute Gasteiger partial charge is 0.465 e. The van der Waals surface area contributed by atoms with Crippen LogP contribution in [0.2, 0.25) is 0 Å². The number of carbonyl (C=O) groups is 1. The Morgan fingerprint density at radius 3 is 2.41 bits per heavy atom. The maximum Gasteiger partial charge on any atom is 0.308 e. The third kappa shape index (κ3) is 11.7. The Labute approximate surface area is 106 Å². The van der Waals surface area contributed by atoms with E-state index in [1.165, 1.54) is 19.3 Å². The molecule has 3 nitrogen and oxygen atoms in total. The second-order valence-electron chi connectivity index (χ2n) is 5.14. The zero-order chi connectivity index (χ0) is 13.1. The van der Waals surface area contributed by atoms with Gasteiger partial charge in [0.05, 0.1) is 19.1 Å². The minimum atomic E-state index is -0.531. The van der Waals surface area contributed by atoms with Crippen molar-refractivity contribution in [3.63, 3.8) is 0 Å². The van der Waals surface area contributed by atoms with Crippen molar-refractivity contribution < 1.29 is 14.6 Å². The summed E-state index contributed by atoms with van der Waals surface area (Å²) in [4.78, 5) is 11.3. The van der Waals surface area contributed by atoms with Gasteiger partial charge in [-0.2, -0.15) is 0 Å². The van der Waals surface area contributed by atoms with Crippen LogP contribution in [-0.2, 0) is 9.53 Å². The number of esters is 1. The highest BCUT2D eigenvalue weighted by atomic mass is 16.5. The van der Waals surface area contributed by atoms with Crippen molar-refractivity contribution in [3.8, 4) is 0 Å². The minimum Gasteiger partial charge on any atom is -0.465 e. The van der Waals surface area contributed by atoms with Crippen LogP contribution in [-0.4, -0.2) is 23.8 Å². The average Bonchev–Trinajstić information content (AvgIpc) is 2.26. The highest BCUT2D eigenvalue weighted by Gasteiger charge is 2.12. The fraction of sp³-hybridized carbons (Fsp3) is 0.929. The van der Waals surface area contributed by atoms with E-state index < -0.39 is 6.10 Å². The maximum atomic E-state index is 11.3. The summed E-state index contributed by atoms with van der Waals surface area (Å²) < 4.78 is 5.02. The fourth-order valence-electron chi connectivity index (χ4n) is 1.60. The van der Waals surface area contributed by atoms with Crippen LogP contribution in [0.3, 0.4) is 0 Å². The first-order valence-electron chi connectivity index (χ1n) is 6.90. The van der Waals surface area contributed by atoms with Crippen LogP contribution in [0.5, 0.6) is 0 Å². The number of carbonyl (C=O) groups excluding carboxylic acids is 1. The molecule has 0 radical (unpaired) electrons. The standard InChI is InChI=1S/C14H28O3/c1-4-5-6-7-8-9-13(15)10-14(16)17-11-12(2)3/h12-13,15H,4-11H2,1-3H3. The summed E-state index contributed by atoms with van der Waals surface area (Å²) in [6, 6.07) is 0. The van der Waals surface area contributed by atoms with Crippen molar-refractivity contribution in [1.82, 2.24) is 0 Å². The van der Waals surface area contributed by atoms with E-state index in [-0.39, 0.29) is 12.4 Å². The Balaban J connectivity index is 3.44. The van der Waals surface area contributed by atoms with Crippen LogP contribution in [0.25, 0.3) is 0 Å². The molecule has 0 saturated heterocycles. The van der Waals surface area contributed by atoms with E-state index in [2.05, 4.69) is 6.92 Å². The molecule has 0 aliphatic rings. The first kappa shape index (κ1) is 16.4. The van der Waals surface area contributed by atoms with Crippen LogP contribution in [0.4, 0.5) is 0 Å². The Hall–Kier alpha value is -0.570. The number of hydrogen-bond donors (Lipinski definition) is 1. The smallest absolute Gasteiger partial charge is 0.308 e. The molecule has 0 aromatic carbocycles. The van der Waals surface area contributed by atoms with E-state index in [0.717, 1.165) is 12.8 Å². The number of aliphatic hydroxyl groups is 1. The number of rotatable bonds is 10. The first-order chi connectivity index (χ1) is 8.06. The third-order valence-electron chi connectivity index (χ3n) is 2.62. The highest BCUT2D eigenvalue weighted by Crippen LogP contribution is 2.10. The Morgan fingerprint density at radius 1 is 1.18 bits per heavy atom. The normalized spacial score (nSPS) is 12.8. The quantitative estimate of drug-likeness (QED) is 0.474. The fourth-order valence-corrected chi connectivity index (χ4v) is 1.60. The molecule has 0 rings (SSSR count). The molecule has 1 unspecified atom stereocenters. The summed E-state index contributed by atoms with van der Waals surface area (Å²) in [6.07, 6.45) is 6.17. The molecule has 0 aromatic rings. The summed E-state index contributed by atoms with van der Waals surface area (Å²) in [5.41, 5.74) is 0. The van der Waals surface area contributed by atoms with Crippen LogP contribution >= 0.6 is 0 Å². The van der Waals surface area contributed by atoms with Crippen molar-refractivity contribution in [2.24, 2.45) is 5.92 Å². The molecule has 0 bridgehead atoms. The zero-order valence-electron chi connectivity index (χ0n) is 11.6. The van der Waals surface area contributed by atoms with Crippen LogP contribution < -0.4 is 0 Å². The molecule has 0 aliphatic carbocycles. The third-order valence-corrected chi connectivity index (χ3v) is 2.62. The molecular weight excluding hydrogens is 216 g/mol. The van der Waals surface area contributed by atoms with Crippen LogP contribution in [0.1, 0.15) is 65.7 Å². The lowest BCUT2D eigenvalue weighted by atomic mass is 10.1. The van der Waals surface area contributed by atoms with Crippen LogP contribution in [0.15, 0.2) is 0 Å². The molecule has 17 heavy (non-hydrogen) atoms. The molecule has 3 heteroatoms. The number of ether oxygens (including phenoxy) is 1. The predicted molar refractivity (Wildman–Crippen MR) is 69.8 cm³/mol. The number of unbranched alkanes of at least 4 members (excludes halogenated alkanes) is 4. The Morgan fingerprint density at radius 2 is 1.82 bits per heavy atom. The monoisotopic (exact) mass is 244 g/mol. The molecule has 0 amide bonds. The van der Waals surface area contributed by atoms with Gasteiger partial charge in [0, 0.05) is 0 Å². The summed E-state index contributed by atoms with van der Waals surface area (Å²) >= 11 is 0. The lowest BCUT2D eigenvalue weighted by Crippen LogP contribution is -2.17. The van der Waals surface area contributed by atoms with E-state index in [1.807, 2.05) is 13.8 Å². The molecule has 0 aliphatic heterocycles. The van der Waals surface area contributed by atoms with E-state index >= 15 is 0 Å². The molecule has 0 spiro atoms. The van der Waals surface area contributed by atoms with Gasteiger partial charge >= 0.3 is 5.97 Å². The van der Waals surface area contributed by atoms with Crippen molar-refractivity contribution >= 4 is 5.97 Å². The second-order valence-corrected chi connectivity index (χ2v) is 5.14. The van der Waals surface area contributed by atoms with Gasteiger partial charge in [0.15, 0.2) is 0 Å². The highest BCUT2D eigenvalue weighted by molar-refractivity contribution is 5.69. The van der Waals surface area contributed by atoms with Gasteiger partial charge in [-0.3, -0.25) is 4.79 Å². The lowest BCUT2D eigenvalue weighted by Gasteiger charge is -2.11. The molecule has 102 valence electrons. The minimum absolute atomic E-state index is 0.139. The molecule has 1 N–H and O–H groups in total.